The Hall–Kier alpha value is -1.73. The van der Waals surface area contributed by atoms with Crippen molar-refractivity contribution >= 4 is 33.3 Å². The molecule has 0 aromatic carbocycles. The molecule has 3 heterocycles. The maximum atomic E-state index is 10.6. The van der Waals surface area contributed by atoms with Crippen LogP contribution in [0.4, 0.5) is 5.82 Å². The molecule has 21 heavy (non-hydrogen) atoms. The van der Waals surface area contributed by atoms with Gasteiger partial charge >= 0.3 is 5.97 Å². The first kappa shape index (κ1) is 14.2. The number of thiophene rings is 1. The lowest BCUT2D eigenvalue weighted by molar-refractivity contribution is -0.150. The molecule has 6 nitrogen and oxygen atoms in total. The van der Waals surface area contributed by atoms with Crippen molar-refractivity contribution in [1.29, 1.82) is 0 Å². The average molecular weight is 307 g/mol. The van der Waals surface area contributed by atoms with Gasteiger partial charge in [-0.25, -0.2) is 14.8 Å². The highest BCUT2D eigenvalue weighted by Gasteiger charge is 2.41. The van der Waals surface area contributed by atoms with Gasteiger partial charge in [-0.3, -0.25) is 0 Å². The van der Waals surface area contributed by atoms with Crippen LogP contribution in [0.5, 0.6) is 0 Å². The van der Waals surface area contributed by atoms with Gasteiger partial charge in [-0.2, -0.15) is 0 Å². The lowest BCUT2D eigenvalue weighted by Gasteiger charge is -2.48. The van der Waals surface area contributed by atoms with Crippen molar-refractivity contribution in [2.45, 2.75) is 26.4 Å². The quantitative estimate of drug-likeness (QED) is 0.931. The summed E-state index contributed by atoms with van der Waals surface area (Å²) in [5, 5.41) is 9.80. The molecule has 2 aromatic rings. The topological polar surface area (TPSA) is 75.5 Å². The van der Waals surface area contributed by atoms with Crippen LogP contribution in [0.3, 0.4) is 0 Å². The molecular weight excluding hydrogens is 290 g/mol. The molecule has 1 saturated heterocycles. The van der Waals surface area contributed by atoms with Gasteiger partial charge in [0.15, 0.2) is 0 Å². The SMILES string of the molecule is Cc1sc2ncnc(N3CC(C)(OCC(=O)O)C3)c2c1C. The maximum Gasteiger partial charge on any atom is 0.329 e. The molecule has 2 aromatic heterocycles. The van der Waals surface area contributed by atoms with Crippen molar-refractivity contribution in [2.75, 3.05) is 24.6 Å². The van der Waals surface area contributed by atoms with Crippen LogP contribution >= 0.6 is 11.3 Å². The van der Waals surface area contributed by atoms with E-state index in [2.05, 4.69) is 28.7 Å². The summed E-state index contributed by atoms with van der Waals surface area (Å²) in [6.45, 7) is 7.11. The van der Waals surface area contributed by atoms with E-state index < -0.39 is 11.6 Å². The lowest BCUT2D eigenvalue weighted by Crippen LogP contribution is -2.62. The number of hydrogen-bond donors (Lipinski definition) is 1. The van der Waals surface area contributed by atoms with Crippen LogP contribution in [-0.2, 0) is 9.53 Å². The maximum absolute atomic E-state index is 10.6. The minimum Gasteiger partial charge on any atom is -0.480 e. The molecule has 7 heteroatoms. The standard InChI is InChI=1S/C14H17N3O3S/c1-8-9(2)21-13-11(8)12(15-7-16-13)17-5-14(3,6-17)20-4-10(18)19/h7H,4-6H2,1-3H3,(H,18,19). The molecule has 0 bridgehead atoms. The third-order valence-corrected chi connectivity index (χ3v) is 4.95. The molecule has 1 fully saturated rings. The summed E-state index contributed by atoms with van der Waals surface area (Å²) in [7, 11) is 0. The van der Waals surface area contributed by atoms with E-state index in [0.29, 0.717) is 13.1 Å². The van der Waals surface area contributed by atoms with Crippen LogP contribution in [0.15, 0.2) is 6.33 Å². The van der Waals surface area contributed by atoms with Crippen molar-refractivity contribution < 1.29 is 14.6 Å². The second-order valence-corrected chi connectivity index (χ2v) is 6.85. The summed E-state index contributed by atoms with van der Waals surface area (Å²) >= 11 is 1.67. The monoisotopic (exact) mass is 307 g/mol. The Morgan fingerprint density at radius 3 is 2.86 bits per heavy atom. The Labute approximate surface area is 126 Å². The number of fused-ring (bicyclic) bond motifs is 1. The highest BCUT2D eigenvalue weighted by atomic mass is 32.1. The Balaban J connectivity index is 1.83. The van der Waals surface area contributed by atoms with E-state index in [-0.39, 0.29) is 6.61 Å². The van der Waals surface area contributed by atoms with Crippen molar-refractivity contribution in [3.63, 3.8) is 0 Å². The van der Waals surface area contributed by atoms with Crippen molar-refractivity contribution in [2.24, 2.45) is 0 Å². The Morgan fingerprint density at radius 2 is 2.19 bits per heavy atom. The Morgan fingerprint density at radius 1 is 1.48 bits per heavy atom. The van der Waals surface area contributed by atoms with Crippen molar-refractivity contribution in [1.82, 2.24) is 9.97 Å². The van der Waals surface area contributed by atoms with Gasteiger partial charge in [0.2, 0.25) is 0 Å². The predicted octanol–water partition coefficient (Wildman–Crippen LogP) is 1.99. The van der Waals surface area contributed by atoms with Crippen LogP contribution in [0.2, 0.25) is 0 Å². The third kappa shape index (κ3) is 2.47. The van der Waals surface area contributed by atoms with Gasteiger partial charge in [-0.1, -0.05) is 0 Å². The number of aryl methyl sites for hydroxylation is 2. The molecule has 0 radical (unpaired) electrons. The number of aromatic nitrogens is 2. The number of carboxylic acid groups (broad SMARTS) is 1. The number of hydrogen-bond acceptors (Lipinski definition) is 6. The van der Waals surface area contributed by atoms with E-state index >= 15 is 0 Å². The van der Waals surface area contributed by atoms with Crippen molar-refractivity contribution in [3.8, 4) is 0 Å². The molecule has 1 N–H and O–H groups in total. The summed E-state index contributed by atoms with van der Waals surface area (Å²) < 4.78 is 5.44. The van der Waals surface area contributed by atoms with Gasteiger partial charge in [0.1, 0.15) is 29.2 Å². The molecule has 0 atom stereocenters. The smallest absolute Gasteiger partial charge is 0.329 e. The van der Waals surface area contributed by atoms with Crippen LogP contribution in [0, 0.1) is 13.8 Å². The minimum absolute atomic E-state index is 0.264. The molecule has 1 aliphatic rings. The summed E-state index contributed by atoms with van der Waals surface area (Å²) in [5.41, 5.74) is 0.792. The number of ether oxygens (including phenoxy) is 1. The van der Waals surface area contributed by atoms with Gasteiger partial charge < -0.3 is 14.7 Å². The fourth-order valence-electron chi connectivity index (χ4n) is 2.64. The fraction of sp³-hybridized carbons (Fsp3) is 0.500. The molecule has 112 valence electrons. The first-order valence-corrected chi connectivity index (χ1v) is 7.53. The number of rotatable bonds is 4. The zero-order valence-electron chi connectivity index (χ0n) is 12.2. The van der Waals surface area contributed by atoms with E-state index in [4.69, 9.17) is 9.84 Å². The molecular formula is C14H17N3O3S. The van der Waals surface area contributed by atoms with E-state index in [9.17, 15) is 4.79 Å². The molecule has 3 rings (SSSR count). The van der Waals surface area contributed by atoms with Gasteiger partial charge in [-0.05, 0) is 26.3 Å². The van der Waals surface area contributed by atoms with E-state index in [1.54, 1.807) is 17.7 Å². The number of anilines is 1. The van der Waals surface area contributed by atoms with E-state index in [0.717, 1.165) is 16.0 Å². The number of carbonyl (C=O) groups is 1. The number of nitrogens with zero attached hydrogens (tertiary/aromatic N) is 3. The van der Waals surface area contributed by atoms with E-state index in [1.165, 1.54) is 10.4 Å². The molecule has 0 amide bonds. The van der Waals surface area contributed by atoms with Gasteiger partial charge in [0.25, 0.3) is 0 Å². The van der Waals surface area contributed by atoms with Gasteiger partial charge in [0, 0.05) is 4.88 Å². The largest absolute Gasteiger partial charge is 0.480 e. The molecule has 1 aliphatic heterocycles. The summed E-state index contributed by atoms with van der Waals surface area (Å²) in [5.74, 6) is -0.0262. The first-order chi connectivity index (χ1) is 9.89. The van der Waals surface area contributed by atoms with Gasteiger partial charge in [0.05, 0.1) is 18.5 Å². The average Bonchev–Trinajstić information content (AvgIpc) is 2.69. The minimum atomic E-state index is -0.941. The Bertz CT molecular complexity index is 707. The third-order valence-electron chi connectivity index (χ3n) is 3.84. The molecule has 0 unspecified atom stereocenters. The number of aliphatic carboxylic acids is 1. The first-order valence-electron chi connectivity index (χ1n) is 6.71. The zero-order valence-corrected chi connectivity index (χ0v) is 13.0. The van der Waals surface area contributed by atoms with Crippen LogP contribution in [-0.4, -0.2) is 46.3 Å². The van der Waals surface area contributed by atoms with Crippen LogP contribution in [0.1, 0.15) is 17.4 Å². The molecule has 0 saturated carbocycles. The summed E-state index contributed by atoms with van der Waals surface area (Å²) in [6.07, 6.45) is 1.58. The normalized spacial score (nSPS) is 17.0. The summed E-state index contributed by atoms with van der Waals surface area (Å²) in [4.78, 5) is 23.7. The summed E-state index contributed by atoms with van der Waals surface area (Å²) in [6, 6.07) is 0. The predicted molar refractivity (Wildman–Crippen MR) is 81.1 cm³/mol. The molecule has 0 spiro atoms. The lowest BCUT2D eigenvalue weighted by atomic mass is 9.96. The Kier molecular flexibility index (Phi) is 3.33. The fourth-order valence-corrected chi connectivity index (χ4v) is 3.63. The van der Waals surface area contributed by atoms with E-state index in [1.807, 2.05) is 6.92 Å². The zero-order chi connectivity index (χ0) is 15.2. The highest BCUT2D eigenvalue weighted by Crippen LogP contribution is 2.38. The van der Waals surface area contributed by atoms with Crippen molar-refractivity contribution in [3.05, 3.63) is 16.8 Å². The van der Waals surface area contributed by atoms with Crippen LogP contribution in [0.25, 0.3) is 10.2 Å². The molecule has 0 aliphatic carbocycles. The highest BCUT2D eigenvalue weighted by molar-refractivity contribution is 7.18. The second kappa shape index (κ2) is 4.92. The van der Waals surface area contributed by atoms with Crippen LogP contribution < -0.4 is 4.90 Å². The van der Waals surface area contributed by atoms with Gasteiger partial charge in [-0.15, -0.1) is 11.3 Å². The second-order valence-electron chi connectivity index (χ2n) is 5.65. The number of carboxylic acids is 1.